The van der Waals surface area contributed by atoms with Gasteiger partial charge in [-0.1, -0.05) is 35.4 Å². The molecule has 1 aromatic heterocycles. The second-order valence-electron chi connectivity index (χ2n) is 4.84. The van der Waals surface area contributed by atoms with Gasteiger partial charge in [0.1, 0.15) is 5.82 Å². The Kier molecular flexibility index (Phi) is 3.64. The maximum absolute atomic E-state index is 6.21. The summed E-state index contributed by atoms with van der Waals surface area (Å²) >= 11 is 5.97. The first kappa shape index (κ1) is 13.7. The predicted octanol–water partition coefficient (Wildman–Crippen LogP) is 4.05. The van der Waals surface area contributed by atoms with Crippen LogP contribution in [0.4, 0.5) is 11.5 Å². The Hall–Kier alpha value is -2.30. The molecule has 5 heteroatoms. The van der Waals surface area contributed by atoms with E-state index in [0.29, 0.717) is 5.02 Å². The number of aromatic amines is 1. The molecule has 21 heavy (non-hydrogen) atoms. The molecule has 0 aliphatic carbocycles. The molecule has 0 fully saturated rings. The molecule has 0 saturated heterocycles. The van der Waals surface area contributed by atoms with Gasteiger partial charge in [0.05, 0.1) is 11.9 Å². The van der Waals surface area contributed by atoms with Crippen LogP contribution >= 0.6 is 11.6 Å². The van der Waals surface area contributed by atoms with Crippen LogP contribution < -0.4 is 10.9 Å². The molecule has 0 radical (unpaired) electrons. The van der Waals surface area contributed by atoms with E-state index in [0.717, 1.165) is 22.6 Å². The smallest absolute Gasteiger partial charge is 0.143 e. The van der Waals surface area contributed by atoms with Crippen molar-refractivity contribution in [2.24, 2.45) is 5.84 Å². The summed E-state index contributed by atoms with van der Waals surface area (Å²) in [6.07, 6.45) is 1.67. The van der Waals surface area contributed by atoms with E-state index in [9.17, 15) is 0 Å². The second kappa shape index (κ2) is 5.60. The van der Waals surface area contributed by atoms with Crippen LogP contribution in [0.15, 0.2) is 54.7 Å². The van der Waals surface area contributed by atoms with E-state index in [4.69, 9.17) is 17.4 Å². The predicted molar refractivity (Wildman–Crippen MR) is 86.5 cm³/mol. The van der Waals surface area contributed by atoms with E-state index in [2.05, 4.69) is 23.2 Å². The number of hydrogen-bond donors (Lipinski definition) is 2. The van der Waals surface area contributed by atoms with Crippen molar-refractivity contribution in [2.75, 3.05) is 5.01 Å². The Morgan fingerprint density at radius 2 is 1.86 bits per heavy atom. The maximum atomic E-state index is 6.21. The van der Waals surface area contributed by atoms with Gasteiger partial charge in [-0.15, -0.1) is 0 Å². The summed E-state index contributed by atoms with van der Waals surface area (Å²) in [5.41, 5.74) is 4.17. The fourth-order valence-corrected chi connectivity index (χ4v) is 2.36. The molecule has 1 heterocycles. The lowest BCUT2D eigenvalue weighted by atomic mass is 10.0. The largest absolute Gasteiger partial charge is 0.262 e. The average Bonchev–Trinajstić information content (AvgIpc) is 3.01. The Labute approximate surface area is 128 Å². The van der Waals surface area contributed by atoms with E-state index in [1.54, 1.807) is 11.2 Å². The van der Waals surface area contributed by atoms with E-state index in [1.165, 1.54) is 5.56 Å². The van der Waals surface area contributed by atoms with Crippen molar-refractivity contribution < 1.29 is 0 Å². The van der Waals surface area contributed by atoms with Gasteiger partial charge >= 0.3 is 0 Å². The van der Waals surface area contributed by atoms with Crippen LogP contribution in [0, 0.1) is 6.92 Å². The van der Waals surface area contributed by atoms with E-state index < -0.39 is 0 Å². The molecule has 0 aliphatic heterocycles. The van der Waals surface area contributed by atoms with E-state index in [1.807, 2.05) is 42.5 Å². The number of nitrogens with zero attached hydrogens (tertiary/aromatic N) is 2. The van der Waals surface area contributed by atoms with E-state index >= 15 is 0 Å². The second-order valence-corrected chi connectivity index (χ2v) is 5.28. The highest BCUT2D eigenvalue weighted by Crippen LogP contribution is 2.33. The number of rotatable bonds is 3. The zero-order chi connectivity index (χ0) is 14.8. The Balaban J connectivity index is 2.11. The van der Waals surface area contributed by atoms with Crippen LogP contribution in [-0.4, -0.2) is 10.2 Å². The van der Waals surface area contributed by atoms with Crippen molar-refractivity contribution in [1.82, 2.24) is 10.2 Å². The Morgan fingerprint density at radius 3 is 2.52 bits per heavy atom. The number of nitrogens with two attached hydrogens (primary N) is 1. The van der Waals surface area contributed by atoms with Crippen LogP contribution in [0.3, 0.4) is 0 Å². The molecule has 2 aromatic carbocycles. The summed E-state index contributed by atoms with van der Waals surface area (Å²) in [4.78, 5) is 0. The van der Waals surface area contributed by atoms with E-state index in [-0.39, 0.29) is 0 Å². The van der Waals surface area contributed by atoms with Gasteiger partial charge in [-0.3, -0.25) is 10.1 Å². The average molecular weight is 299 g/mol. The molecule has 4 nitrogen and oxygen atoms in total. The molecule has 0 amide bonds. The fraction of sp³-hybridized carbons (Fsp3) is 0.0625. The highest BCUT2D eigenvalue weighted by molar-refractivity contribution is 6.30. The monoisotopic (exact) mass is 298 g/mol. The van der Waals surface area contributed by atoms with Crippen LogP contribution in [0.2, 0.25) is 5.02 Å². The molecule has 0 aliphatic rings. The van der Waals surface area contributed by atoms with Crippen molar-refractivity contribution >= 4 is 23.1 Å². The summed E-state index contributed by atoms with van der Waals surface area (Å²) in [7, 11) is 0. The minimum atomic E-state index is 0.714. The molecule has 3 aromatic rings. The van der Waals surface area contributed by atoms with Gasteiger partial charge in [-0.05, 0) is 36.8 Å². The third kappa shape index (κ3) is 2.77. The third-order valence-corrected chi connectivity index (χ3v) is 3.56. The van der Waals surface area contributed by atoms with Crippen LogP contribution in [0.5, 0.6) is 0 Å². The summed E-state index contributed by atoms with van der Waals surface area (Å²) in [5, 5.41) is 9.11. The number of halogens is 1. The van der Waals surface area contributed by atoms with Crippen LogP contribution in [0.25, 0.3) is 11.1 Å². The van der Waals surface area contributed by atoms with Gasteiger partial charge in [0.15, 0.2) is 0 Å². The number of aromatic nitrogens is 2. The quantitative estimate of drug-likeness (QED) is 0.566. The number of benzene rings is 2. The normalized spacial score (nSPS) is 10.6. The van der Waals surface area contributed by atoms with Crippen molar-refractivity contribution in [1.29, 1.82) is 0 Å². The summed E-state index contributed by atoms with van der Waals surface area (Å²) < 4.78 is 0. The van der Waals surface area contributed by atoms with Gasteiger partial charge in [-0.2, -0.15) is 5.10 Å². The fourth-order valence-electron chi connectivity index (χ4n) is 2.23. The first-order valence-corrected chi connectivity index (χ1v) is 6.94. The van der Waals surface area contributed by atoms with Crippen molar-refractivity contribution in [3.63, 3.8) is 0 Å². The van der Waals surface area contributed by atoms with Gasteiger partial charge < -0.3 is 0 Å². The zero-order valence-electron chi connectivity index (χ0n) is 11.5. The van der Waals surface area contributed by atoms with Gasteiger partial charge in [0.2, 0.25) is 0 Å². The summed E-state index contributed by atoms with van der Waals surface area (Å²) in [6.45, 7) is 2.06. The number of anilines is 2. The van der Waals surface area contributed by atoms with Crippen molar-refractivity contribution in [3.05, 3.63) is 65.3 Å². The molecule has 3 rings (SSSR count). The molecule has 106 valence electrons. The molecular weight excluding hydrogens is 284 g/mol. The minimum Gasteiger partial charge on any atom is -0.262 e. The number of H-pyrrole nitrogens is 1. The van der Waals surface area contributed by atoms with Gasteiger partial charge in [0, 0.05) is 16.7 Å². The highest BCUT2D eigenvalue weighted by Gasteiger charge is 2.12. The number of hydrogen-bond acceptors (Lipinski definition) is 3. The molecule has 0 saturated carbocycles. The van der Waals surface area contributed by atoms with Crippen molar-refractivity contribution in [2.45, 2.75) is 6.92 Å². The standard InChI is InChI=1S/C16H15ClN4/c1-11-2-7-15(21(18)16-8-9-19-20-16)14(10-11)12-3-5-13(17)6-4-12/h2-10H,18H2,1H3,(H,19,20). The van der Waals surface area contributed by atoms with Crippen molar-refractivity contribution in [3.8, 4) is 11.1 Å². The zero-order valence-corrected chi connectivity index (χ0v) is 12.3. The lowest BCUT2D eigenvalue weighted by Gasteiger charge is -2.20. The van der Waals surface area contributed by atoms with Gasteiger partial charge in [-0.25, -0.2) is 5.84 Å². The number of hydrazine groups is 1. The first-order valence-electron chi connectivity index (χ1n) is 6.56. The molecule has 0 atom stereocenters. The highest BCUT2D eigenvalue weighted by atomic mass is 35.5. The molecule has 0 unspecified atom stereocenters. The summed E-state index contributed by atoms with van der Waals surface area (Å²) in [5.74, 6) is 6.95. The Bertz CT molecular complexity index is 735. The van der Waals surface area contributed by atoms with Crippen LogP contribution in [0.1, 0.15) is 5.56 Å². The molecule has 0 spiro atoms. The SMILES string of the molecule is Cc1ccc(N(N)c2ccn[nH]2)c(-c2ccc(Cl)cc2)c1. The summed E-state index contributed by atoms with van der Waals surface area (Å²) in [6, 6.07) is 15.7. The lowest BCUT2D eigenvalue weighted by molar-refractivity contribution is 0.996. The van der Waals surface area contributed by atoms with Gasteiger partial charge in [0.25, 0.3) is 0 Å². The molecule has 0 bridgehead atoms. The minimum absolute atomic E-state index is 0.714. The third-order valence-electron chi connectivity index (χ3n) is 3.31. The molecular formula is C16H15ClN4. The lowest BCUT2D eigenvalue weighted by Crippen LogP contribution is -2.26. The molecule has 3 N–H and O–H groups in total. The number of nitrogens with one attached hydrogen (secondary N) is 1. The Morgan fingerprint density at radius 1 is 1.10 bits per heavy atom. The topological polar surface area (TPSA) is 57.9 Å². The number of aryl methyl sites for hydroxylation is 1. The van der Waals surface area contributed by atoms with Crippen LogP contribution in [-0.2, 0) is 0 Å². The first-order chi connectivity index (χ1) is 10.1. The maximum Gasteiger partial charge on any atom is 0.143 e.